The molecule has 5 nitrogen and oxygen atoms in total. The van der Waals surface area contributed by atoms with E-state index in [1.807, 2.05) is 13.0 Å². The van der Waals surface area contributed by atoms with Crippen LogP contribution in [0.4, 0.5) is 0 Å². The van der Waals surface area contributed by atoms with E-state index in [4.69, 9.17) is 0 Å². The molecule has 84 valence electrons. The molecule has 0 aromatic carbocycles. The van der Waals surface area contributed by atoms with Crippen molar-refractivity contribution >= 4 is 16.9 Å². The van der Waals surface area contributed by atoms with E-state index >= 15 is 0 Å². The number of pyridine rings is 1. The summed E-state index contributed by atoms with van der Waals surface area (Å²) in [7, 11) is 3.46. The molecule has 5 heteroatoms. The highest BCUT2D eigenvalue weighted by Gasteiger charge is 2.09. The fourth-order valence-electron chi connectivity index (χ4n) is 1.47. The smallest absolute Gasteiger partial charge is 0.243 e. The van der Waals surface area contributed by atoms with Crippen LogP contribution >= 0.6 is 0 Å². The molecule has 0 fully saturated rings. The third-order valence-corrected chi connectivity index (χ3v) is 2.40. The van der Waals surface area contributed by atoms with Crippen LogP contribution in [-0.2, 0) is 11.3 Å². The van der Waals surface area contributed by atoms with Crippen LogP contribution in [0.15, 0.2) is 18.5 Å². The minimum atomic E-state index is 0.00683. The van der Waals surface area contributed by atoms with Gasteiger partial charge in [-0.05, 0) is 18.6 Å². The van der Waals surface area contributed by atoms with Gasteiger partial charge in [-0.2, -0.15) is 5.10 Å². The third kappa shape index (κ3) is 1.88. The number of rotatable bonds is 2. The van der Waals surface area contributed by atoms with Gasteiger partial charge in [0.15, 0.2) is 5.65 Å². The maximum Gasteiger partial charge on any atom is 0.243 e. The summed E-state index contributed by atoms with van der Waals surface area (Å²) in [6, 6.07) is 2.01. The molecule has 0 aliphatic rings. The lowest BCUT2D eigenvalue weighted by molar-refractivity contribution is -0.129. The van der Waals surface area contributed by atoms with Crippen LogP contribution in [0.25, 0.3) is 11.0 Å². The summed E-state index contributed by atoms with van der Waals surface area (Å²) in [6.07, 6.45) is 3.51. The van der Waals surface area contributed by atoms with Crippen molar-refractivity contribution in [2.24, 2.45) is 0 Å². The van der Waals surface area contributed by atoms with Gasteiger partial charge in [0.1, 0.15) is 6.54 Å². The predicted octanol–water partition coefficient (Wildman–Crippen LogP) is 0.828. The second kappa shape index (κ2) is 3.92. The van der Waals surface area contributed by atoms with Crippen LogP contribution in [0.1, 0.15) is 5.56 Å². The van der Waals surface area contributed by atoms with Crippen molar-refractivity contribution in [3.05, 3.63) is 24.0 Å². The van der Waals surface area contributed by atoms with Gasteiger partial charge in [0.25, 0.3) is 0 Å². The molecule has 0 N–H and O–H groups in total. The Kier molecular flexibility index (Phi) is 2.60. The highest BCUT2D eigenvalue weighted by atomic mass is 16.2. The van der Waals surface area contributed by atoms with Crippen molar-refractivity contribution in [3.63, 3.8) is 0 Å². The Morgan fingerprint density at radius 1 is 1.44 bits per heavy atom. The molecular weight excluding hydrogens is 204 g/mol. The molecule has 2 aromatic rings. The van der Waals surface area contributed by atoms with Crippen LogP contribution in [0.3, 0.4) is 0 Å². The van der Waals surface area contributed by atoms with Crippen molar-refractivity contribution < 1.29 is 4.79 Å². The maximum atomic E-state index is 11.6. The molecule has 16 heavy (non-hydrogen) atoms. The Bertz CT molecular complexity index is 530. The lowest BCUT2D eigenvalue weighted by atomic mass is 10.3. The van der Waals surface area contributed by atoms with E-state index < -0.39 is 0 Å². The number of carbonyl (C=O) groups excluding carboxylic acids is 1. The Labute approximate surface area is 93.7 Å². The molecule has 1 amide bonds. The Morgan fingerprint density at radius 2 is 2.19 bits per heavy atom. The van der Waals surface area contributed by atoms with Crippen LogP contribution in [0.2, 0.25) is 0 Å². The molecule has 0 saturated heterocycles. The number of aromatic nitrogens is 3. The molecule has 2 heterocycles. The monoisotopic (exact) mass is 218 g/mol. The zero-order valence-corrected chi connectivity index (χ0v) is 9.64. The predicted molar refractivity (Wildman–Crippen MR) is 61.0 cm³/mol. The SMILES string of the molecule is Cc1cnc2c(cnn2CC(=O)N(C)C)c1. The van der Waals surface area contributed by atoms with Gasteiger partial charge in [0.2, 0.25) is 5.91 Å². The number of amides is 1. The molecular formula is C11H14N4O. The van der Waals surface area contributed by atoms with E-state index in [9.17, 15) is 4.79 Å². The number of fused-ring (bicyclic) bond motifs is 1. The van der Waals surface area contributed by atoms with E-state index in [2.05, 4.69) is 10.1 Å². The first-order chi connectivity index (χ1) is 7.58. The summed E-state index contributed by atoms with van der Waals surface area (Å²) < 4.78 is 1.62. The second-order valence-electron chi connectivity index (χ2n) is 4.02. The Morgan fingerprint density at radius 3 is 2.88 bits per heavy atom. The highest BCUT2D eigenvalue weighted by molar-refractivity contribution is 5.79. The summed E-state index contributed by atoms with van der Waals surface area (Å²) in [6.45, 7) is 2.21. The van der Waals surface area contributed by atoms with Crippen molar-refractivity contribution in [2.45, 2.75) is 13.5 Å². The zero-order chi connectivity index (χ0) is 11.7. The normalized spacial score (nSPS) is 10.7. The van der Waals surface area contributed by atoms with Gasteiger partial charge >= 0.3 is 0 Å². The second-order valence-corrected chi connectivity index (χ2v) is 4.02. The Hall–Kier alpha value is -1.91. The van der Waals surface area contributed by atoms with Gasteiger partial charge in [-0.25, -0.2) is 9.67 Å². The zero-order valence-electron chi connectivity index (χ0n) is 9.64. The van der Waals surface area contributed by atoms with Gasteiger partial charge < -0.3 is 4.90 Å². The first kappa shape index (κ1) is 10.6. The summed E-state index contributed by atoms with van der Waals surface area (Å²) >= 11 is 0. The quantitative estimate of drug-likeness (QED) is 0.750. The molecule has 0 radical (unpaired) electrons. The first-order valence-electron chi connectivity index (χ1n) is 5.06. The highest BCUT2D eigenvalue weighted by Crippen LogP contribution is 2.12. The largest absolute Gasteiger partial charge is 0.347 e. The maximum absolute atomic E-state index is 11.6. The number of likely N-dealkylation sites (N-methyl/N-ethyl adjacent to an activating group) is 1. The lowest BCUT2D eigenvalue weighted by Crippen LogP contribution is -2.26. The minimum absolute atomic E-state index is 0.00683. The van der Waals surface area contributed by atoms with Crippen molar-refractivity contribution in [1.29, 1.82) is 0 Å². The third-order valence-electron chi connectivity index (χ3n) is 2.40. The number of aryl methyl sites for hydroxylation is 1. The van der Waals surface area contributed by atoms with Gasteiger partial charge in [0.05, 0.1) is 6.20 Å². The molecule has 0 spiro atoms. The van der Waals surface area contributed by atoms with E-state index in [1.54, 1.807) is 36.1 Å². The van der Waals surface area contributed by atoms with Crippen LogP contribution in [0.5, 0.6) is 0 Å². The Balaban J connectivity index is 2.35. The van der Waals surface area contributed by atoms with Crippen molar-refractivity contribution in [3.8, 4) is 0 Å². The molecule has 2 aromatic heterocycles. The molecule has 0 bridgehead atoms. The van der Waals surface area contributed by atoms with Gasteiger partial charge in [-0.15, -0.1) is 0 Å². The van der Waals surface area contributed by atoms with Crippen molar-refractivity contribution in [2.75, 3.05) is 14.1 Å². The number of carbonyl (C=O) groups is 1. The fourth-order valence-corrected chi connectivity index (χ4v) is 1.47. The number of hydrogen-bond donors (Lipinski definition) is 0. The number of hydrogen-bond acceptors (Lipinski definition) is 3. The minimum Gasteiger partial charge on any atom is -0.347 e. The fraction of sp³-hybridized carbons (Fsp3) is 0.364. The van der Waals surface area contributed by atoms with E-state index in [1.165, 1.54) is 0 Å². The van der Waals surface area contributed by atoms with Gasteiger partial charge in [0, 0.05) is 25.7 Å². The molecule has 0 atom stereocenters. The van der Waals surface area contributed by atoms with E-state index in [0.717, 1.165) is 16.6 Å². The topological polar surface area (TPSA) is 51.0 Å². The standard InChI is InChI=1S/C11H14N4O/c1-8-4-9-6-13-15(11(9)12-5-8)7-10(16)14(2)3/h4-6H,7H2,1-3H3. The van der Waals surface area contributed by atoms with Crippen molar-refractivity contribution in [1.82, 2.24) is 19.7 Å². The summed E-state index contributed by atoms with van der Waals surface area (Å²) in [5, 5.41) is 5.13. The van der Waals surface area contributed by atoms with E-state index in [0.29, 0.717) is 0 Å². The van der Waals surface area contributed by atoms with Crippen LogP contribution < -0.4 is 0 Å². The van der Waals surface area contributed by atoms with Crippen LogP contribution in [0, 0.1) is 6.92 Å². The van der Waals surface area contributed by atoms with Gasteiger partial charge in [-0.3, -0.25) is 4.79 Å². The molecule has 2 rings (SSSR count). The van der Waals surface area contributed by atoms with E-state index in [-0.39, 0.29) is 12.5 Å². The molecule has 0 saturated carbocycles. The van der Waals surface area contributed by atoms with Crippen LogP contribution in [-0.4, -0.2) is 39.7 Å². The molecule has 0 unspecified atom stereocenters. The summed E-state index contributed by atoms with van der Waals surface area (Å²) in [5.74, 6) is 0.00683. The summed E-state index contributed by atoms with van der Waals surface area (Å²) in [4.78, 5) is 17.4. The summed E-state index contributed by atoms with van der Waals surface area (Å²) in [5.41, 5.74) is 1.84. The lowest BCUT2D eigenvalue weighted by Gasteiger charge is -2.10. The average molecular weight is 218 g/mol. The number of nitrogens with zero attached hydrogens (tertiary/aromatic N) is 4. The molecule has 0 aliphatic heterocycles. The average Bonchev–Trinajstić information content (AvgIpc) is 2.60. The van der Waals surface area contributed by atoms with Gasteiger partial charge in [-0.1, -0.05) is 0 Å². The first-order valence-corrected chi connectivity index (χ1v) is 5.06. The molecule has 0 aliphatic carbocycles.